The first-order chi connectivity index (χ1) is 16.6. The lowest BCUT2D eigenvalue weighted by molar-refractivity contribution is 1.05. The van der Waals surface area contributed by atoms with Gasteiger partial charge in [0.1, 0.15) is 5.70 Å². The molecule has 34 heavy (non-hydrogen) atoms. The number of rotatable bonds is 8. The number of halogens is 1. The molecule has 1 heterocycles. The molecule has 1 aliphatic heterocycles. The van der Waals surface area contributed by atoms with Crippen LogP contribution >= 0.6 is 11.6 Å². The van der Waals surface area contributed by atoms with Crippen LogP contribution in [-0.4, -0.2) is 5.71 Å². The maximum Gasteiger partial charge on any atom is 0.112 e. The molecule has 3 rings (SSSR count). The Morgan fingerprint density at radius 2 is 1.91 bits per heavy atom. The van der Waals surface area contributed by atoms with Gasteiger partial charge in [0.05, 0.1) is 5.71 Å². The quantitative estimate of drug-likeness (QED) is 0.268. The Labute approximate surface area is 209 Å². The van der Waals surface area contributed by atoms with Gasteiger partial charge in [0.2, 0.25) is 0 Å². The Hall–Kier alpha value is -3.38. The maximum atomic E-state index is 6.54. The maximum absolute atomic E-state index is 6.54. The van der Waals surface area contributed by atoms with E-state index in [9.17, 15) is 0 Å². The van der Waals surface area contributed by atoms with Crippen LogP contribution in [0.5, 0.6) is 0 Å². The van der Waals surface area contributed by atoms with Gasteiger partial charge < -0.3 is 0 Å². The van der Waals surface area contributed by atoms with Gasteiger partial charge >= 0.3 is 0 Å². The molecule has 2 heteroatoms. The van der Waals surface area contributed by atoms with Crippen LogP contribution in [0.25, 0.3) is 5.57 Å². The first-order valence-electron chi connectivity index (χ1n) is 11.8. The van der Waals surface area contributed by atoms with Gasteiger partial charge in [0.15, 0.2) is 0 Å². The predicted molar refractivity (Wildman–Crippen MR) is 150 cm³/mol. The molecule has 1 aromatic carbocycles. The van der Waals surface area contributed by atoms with E-state index in [-0.39, 0.29) is 0 Å². The molecule has 0 amide bonds. The van der Waals surface area contributed by atoms with Crippen LogP contribution in [0, 0.1) is 0 Å². The molecule has 0 atom stereocenters. The van der Waals surface area contributed by atoms with Gasteiger partial charge in [-0.25, -0.2) is 4.99 Å². The number of benzene rings is 1. The third-order valence-electron chi connectivity index (χ3n) is 5.64. The van der Waals surface area contributed by atoms with E-state index < -0.39 is 0 Å². The van der Waals surface area contributed by atoms with Gasteiger partial charge in [-0.2, -0.15) is 0 Å². The molecule has 0 bridgehead atoms. The lowest BCUT2D eigenvalue weighted by atomic mass is 9.95. The molecule has 0 N–H and O–H groups in total. The summed E-state index contributed by atoms with van der Waals surface area (Å²) in [6.07, 6.45) is 28.3. The number of hydrogen-bond donors (Lipinski definition) is 0. The van der Waals surface area contributed by atoms with Gasteiger partial charge in [0.25, 0.3) is 0 Å². The highest BCUT2D eigenvalue weighted by atomic mass is 35.5. The molecule has 0 fully saturated rings. The molecule has 0 radical (unpaired) electrons. The summed E-state index contributed by atoms with van der Waals surface area (Å²) in [5.74, 6) is 0. The van der Waals surface area contributed by atoms with E-state index in [0.29, 0.717) is 6.42 Å². The van der Waals surface area contributed by atoms with Crippen LogP contribution in [-0.2, 0) is 0 Å². The van der Waals surface area contributed by atoms with Crippen LogP contribution in [0.2, 0.25) is 0 Å². The fraction of sp³-hybridized carbons (Fsp3) is 0.188. The zero-order chi connectivity index (χ0) is 24.2. The van der Waals surface area contributed by atoms with Crippen LogP contribution in [0.1, 0.15) is 50.7 Å². The van der Waals surface area contributed by atoms with Crippen molar-refractivity contribution in [3.8, 4) is 0 Å². The topological polar surface area (TPSA) is 12.4 Å². The van der Waals surface area contributed by atoms with Gasteiger partial charge in [-0.15, -0.1) is 0 Å². The summed E-state index contributed by atoms with van der Waals surface area (Å²) in [5.41, 5.74) is 10.9. The highest BCUT2D eigenvalue weighted by Gasteiger charge is 2.11. The fourth-order valence-electron chi connectivity index (χ4n) is 3.71. The van der Waals surface area contributed by atoms with Crippen molar-refractivity contribution in [3.05, 3.63) is 142 Å². The molecule has 0 saturated heterocycles. The zero-order valence-electron chi connectivity index (χ0n) is 20.1. The third kappa shape index (κ3) is 7.32. The number of hydrogen-bond acceptors (Lipinski definition) is 1. The van der Waals surface area contributed by atoms with Crippen LogP contribution in [0.3, 0.4) is 0 Å². The smallest absolute Gasteiger partial charge is 0.112 e. The first-order valence-corrected chi connectivity index (χ1v) is 12.1. The Kier molecular flexibility index (Phi) is 9.92. The highest BCUT2D eigenvalue weighted by molar-refractivity contribution is 6.32. The molecule has 0 aromatic heterocycles. The molecule has 0 saturated carbocycles. The molecule has 1 aliphatic carbocycles. The SMILES string of the molecule is C=C/C=C\C=C\C/C=C\C(=C/C)C1=C=C(C)/C(Cl)=C/C/C(c2ccc(C3=CC=CCC3)cc2)=N\1. The lowest BCUT2D eigenvalue weighted by Crippen LogP contribution is -2.03. The van der Waals surface area contributed by atoms with Crippen molar-refractivity contribution in [2.75, 3.05) is 0 Å². The van der Waals surface area contributed by atoms with Crippen LogP contribution in [0.4, 0.5) is 0 Å². The lowest BCUT2D eigenvalue weighted by Gasteiger charge is -2.13. The van der Waals surface area contributed by atoms with Crippen LogP contribution < -0.4 is 0 Å². The normalized spacial score (nSPS) is 20.3. The summed E-state index contributed by atoms with van der Waals surface area (Å²) in [7, 11) is 0. The molecule has 1 nitrogen and oxygen atoms in total. The van der Waals surface area contributed by atoms with Crippen molar-refractivity contribution in [3.63, 3.8) is 0 Å². The molecule has 0 spiro atoms. The summed E-state index contributed by atoms with van der Waals surface area (Å²) in [5, 5.41) is 0.719. The van der Waals surface area contributed by atoms with Crippen molar-refractivity contribution in [2.45, 2.75) is 39.5 Å². The molecule has 0 unspecified atom stereocenters. The number of nitrogens with zero attached hydrogens (tertiary/aromatic N) is 1. The Morgan fingerprint density at radius 1 is 1.12 bits per heavy atom. The first kappa shape index (κ1) is 25.2. The summed E-state index contributed by atoms with van der Waals surface area (Å²) < 4.78 is 0. The van der Waals surface area contributed by atoms with Crippen molar-refractivity contribution < 1.29 is 0 Å². The second kappa shape index (κ2) is 13.4. The van der Waals surface area contributed by atoms with Crippen molar-refractivity contribution in [2.24, 2.45) is 4.99 Å². The summed E-state index contributed by atoms with van der Waals surface area (Å²) in [4.78, 5) is 5.06. The largest absolute Gasteiger partial charge is 0.243 e. The Morgan fingerprint density at radius 3 is 2.62 bits per heavy atom. The monoisotopic (exact) mass is 465 g/mol. The van der Waals surface area contributed by atoms with Gasteiger partial charge in [-0.3, -0.25) is 0 Å². The Balaban J connectivity index is 1.89. The van der Waals surface area contributed by atoms with Crippen molar-refractivity contribution in [1.29, 1.82) is 0 Å². The zero-order valence-corrected chi connectivity index (χ0v) is 20.9. The average molecular weight is 466 g/mol. The average Bonchev–Trinajstić information content (AvgIpc) is 2.87. The molecule has 2 aliphatic rings. The van der Waals surface area contributed by atoms with Gasteiger partial charge in [0, 0.05) is 22.6 Å². The van der Waals surface area contributed by atoms with E-state index in [1.807, 2.05) is 38.2 Å². The summed E-state index contributed by atoms with van der Waals surface area (Å²) in [6, 6.07) is 8.72. The number of allylic oxidation sites excluding steroid dienone is 14. The summed E-state index contributed by atoms with van der Waals surface area (Å²) in [6.45, 7) is 7.68. The van der Waals surface area contributed by atoms with E-state index in [4.69, 9.17) is 16.6 Å². The second-order valence-corrected chi connectivity index (χ2v) is 8.49. The molecule has 172 valence electrons. The van der Waals surface area contributed by atoms with Crippen LogP contribution in [0.15, 0.2) is 136 Å². The molecule has 1 aromatic rings. The number of aliphatic imine (C=N–C) groups is 1. The summed E-state index contributed by atoms with van der Waals surface area (Å²) >= 11 is 6.54. The second-order valence-electron chi connectivity index (χ2n) is 8.08. The van der Waals surface area contributed by atoms with E-state index >= 15 is 0 Å². The van der Waals surface area contributed by atoms with E-state index in [1.54, 1.807) is 6.08 Å². The van der Waals surface area contributed by atoms with E-state index in [2.05, 4.69) is 79.1 Å². The minimum Gasteiger partial charge on any atom is -0.243 e. The minimum atomic E-state index is 0.672. The van der Waals surface area contributed by atoms with Gasteiger partial charge in [-0.05, 0) is 49.8 Å². The van der Waals surface area contributed by atoms with E-state index in [1.165, 1.54) is 11.1 Å². The predicted octanol–water partition coefficient (Wildman–Crippen LogP) is 9.36. The van der Waals surface area contributed by atoms with E-state index in [0.717, 1.165) is 52.4 Å². The fourth-order valence-corrected chi connectivity index (χ4v) is 3.83. The van der Waals surface area contributed by atoms with Crippen molar-refractivity contribution in [1.82, 2.24) is 0 Å². The standard InChI is InChI=1S/C32H32ClN/c1-4-6-7-8-9-10-12-15-26(5-2)32-24-25(3)30(33)22-23-31(34-32)29-20-18-28(19-21-29)27-16-13-11-14-17-27/h4-9,11-13,15-16,18-22H,1,10,14,17,23H2,2-3H3/b7-6-,9-8+,15-12-,26-5+,30-22-,34-31+. The molecular formula is C32H32ClN. The van der Waals surface area contributed by atoms with Gasteiger partial charge in [-0.1, -0.05) is 121 Å². The Bertz CT molecular complexity index is 1200. The minimum absolute atomic E-state index is 0.672. The molecular weight excluding hydrogens is 434 g/mol. The third-order valence-corrected chi connectivity index (χ3v) is 6.07. The highest BCUT2D eigenvalue weighted by Crippen LogP contribution is 2.26. The van der Waals surface area contributed by atoms with Crippen molar-refractivity contribution >= 4 is 22.9 Å².